The smallest absolute Gasteiger partial charge is 0.303 e. The number of Topliss-reactive ketones (excluding diaryl/α,β-unsaturated/α-hetero) is 3. The van der Waals surface area contributed by atoms with Crippen molar-refractivity contribution in [3.63, 3.8) is 0 Å². The van der Waals surface area contributed by atoms with Crippen LogP contribution in [0.15, 0.2) is 52.8 Å². The molecule has 16 N–H and O–H groups in total. The van der Waals surface area contributed by atoms with Crippen LogP contribution >= 0.6 is 0 Å². The molecule has 0 aliphatic heterocycles. The average Bonchev–Trinajstić information content (AvgIpc) is 3.97. The minimum absolute atomic E-state index is 0.0443. The number of unbranched alkanes of at least 4 members (excludes halogenated alkanes) is 13. The summed E-state index contributed by atoms with van der Waals surface area (Å²) in [5.41, 5.74) is 29.1. The fourth-order valence-electron chi connectivity index (χ4n) is 9.64. The zero-order chi connectivity index (χ0) is 59.6. The highest BCUT2D eigenvalue weighted by atomic mass is 16.4. The SMILES string of the molecule is CCCCCCCCCCCCCCCC(=O)NCC(=O)C[C@@H](Cc1cnc[nH]1)C(=O)N[C@@H](Cc1ccccc1)C(=O)C[C@@H](CCCN=C(N)N)C(=O)N[C@@H](CCCCN)C(=O)C[C@@H](CCC(=O)O)C(=O)N[C@H](C)CCCN=C(N)N. The number of nitrogens with two attached hydrogens (primary N) is 5. The van der Waals surface area contributed by atoms with E-state index in [0.717, 1.165) is 19.3 Å². The maximum absolute atomic E-state index is 14.7. The monoisotopic (exact) mass is 1130 g/mol. The predicted octanol–water partition coefficient (Wildman–Crippen LogP) is 5.09. The molecule has 22 heteroatoms. The number of nitrogens with one attached hydrogen (secondary N) is 5. The number of carboxylic acids is 1. The second-order valence-corrected chi connectivity index (χ2v) is 21.6. The number of nitrogens with zero attached hydrogens (tertiary/aromatic N) is 3. The van der Waals surface area contributed by atoms with E-state index in [1.807, 2.05) is 6.07 Å². The summed E-state index contributed by atoms with van der Waals surface area (Å²) >= 11 is 0. The summed E-state index contributed by atoms with van der Waals surface area (Å²) < 4.78 is 0. The Morgan fingerprint density at radius 3 is 1.70 bits per heavy atom. The maximum Gasteiger partial charge on any atom is 0.303 e. The lowest BCUT2D eigenvalue weighted by Crippen LogP contribution is -2.48. The number of ketones is 3. The molecule has 22 nitrogen and oxygen atoms in total. The Kier molecular flexibility index (Phi) is 37.4. The van der Waals surface area contributed by atoms with Gasteiger partial charge in [0.15, 0.2) is 29.3 Å². The van der Waals surface area contributed by atoms with E-state index in [0.29, 0.717) is 62.9 Å². The summed E-state index contributed by atoms with van der Waals surface area (Å²) in [5, 5.41) is 20.9. The highest BCUT2D eigenvalue weighted by Crippen LogP contribution is 2.22. The molecule has 0 aliphatic rings. The first-order valence-electron chi connectivity index (χ1n) is 29.7. The fourth-order valence-corrected chi connectivity index (χ4v) is 9.64. The first-order chi connectivity index (χ1) is 38.9. The number of rotatable bonds is 49. The third kappa shape index (κ3) is 34.2. The number of aromatic nitrogens is 2. The summed E-state index contributed by atoms with van der Waals surface area (Å²) in [7, 11) is 0. The largest absolute Gasteiger partial charge is 0.481 e. The first-order valence-corrected chi connectivity index (χ1v) is 29.7. The molecule has 0 fully saturated rings. The zero-order valence-corrected chi connectivity index (χ0v) is 48.6. The van der Waals surface area contributed by atoms with Crippen LogP contribution in [0, 0.1) is 17.8 Å². The predicted molar refractivity (Wildman–Crippen MR) is 316 cm³/mol. The number of carbonyl (C=O) groups excluding carboxylic acids is 7. The molecule has 1 aromatic heterocycles. The Morgan fingerprint density at radius 2 is 1.14 bits per heavy atom. The molecular weight excluding hydrogens is 1030 g/mol. The molecule has 2 rings (SSSR count). The Labute approximate surface area is 480 Å². The van der Waals surface area contributed by atoms with Crippen LogP contribution in [-0.2, 0) is 51.2 Å². The summed E-state index contributed by atoms with van der Waals surface area (Å²) in [5.74, 6) is -7.77. The van der Waals surface area contributed by atoms with Crippen LogP contribution in [0.5, 0.6) is 0 Å². The Morgan fingerprint density at radius 1 is 0.593 bits per heavy atom. The van der Waals surface area contributed by atoms with Gasteiger partial charge in [-0.15, -0.1) is 0 Å². The second-order valence-electron chi connectivity index (χ2n) is 21.6. The van der Waals surface area contributed by atoms with Crippen LogP contribution in [0.1, 0.15) is 192 Å². The third-order valence-electron chi connectivity index (χ3n) is 14.3. The second kappa shape index (κ2) is 43.1. The molecule has 2 aromatic rings. The van der Waals surface area contributed by atoms with Crippen molar-refractivity contribution in [2.45, 2.75) is 212 Å². The van der Waals surface area contributed by atoms with E-state index in [-0.39, 0.29) is 107 Å². The Hall–Kier alpha value is -6.71. The lowest BCUT2D eigenvalue weighted by Gasteiger charge is -2.26. The summed E-state index contributed by atoms with van der Waals surface area (Å²) in [4.78, 5) is 125. The molecule has 4 amide bonds. The van der Waals surface area contributed by atoms with Crippen molar-refractivity contribution in [1.29, 1.82) is 0 Å². The van der Waals surface area contributed by atoms with Gasteiger partial charge in [0.05, 0.1) is 30.9 Å². The molecule has 1 heterocycles. The molecule has 81 heavy (non-hydrogen) atoms. The van der Waals surface area contributed by atoms with Gasteiger partial charge in [-0.25, -0.2) is 4.98 Å². The van der Waals surface area contributed by atoms with Crippen molar-refractivity contribution in [2.75, 3.05) is 26.2 Å². The lowest BCUT2D eigenvalue weighted by molar-refractivity contribution is -0.138. The van der Waals surface area contributed by atoms with E-state index in [1.165, 1.54) is 64.1 Å². The van der Waals surface area contributed by atoms with Crippen molar-refractivity contribution in [1.82, 2.24) is 31.2 Å². The molecular formula is C59H99N13O9. The van der Waals surface area contributed by atoms with Crippen molar-refractivity contribution in [2.24, 2.45) is 56.4 Å². The van der Waals surface area contributed by atoms with Crippen molar-refractivity contribution >= 4 is 58.9 Å². The van der Waals surface area contributed by atoms with Gasteiger partial charge >= 0.3 is 5.97 Å². The number of hydrogen-bond acceptors (Lipinski definition) is 12. The van der Waals surface area contributed by atoms with Gasteiger partial charge in [0, 0.05) is 81.4 Å². The molecule has 0 bridgehead atoms. The topological polar surface area (TPSA) is 388 Å². The van der Waals surface area contributed by atoms with Crippen LogP contribution in [0.3, 0.4) is 0 Å². The molecule has 0 radical (unpaired) electrons. The van der Waals surface area contributed by atoms with E-state index >= 15 is 0 Å². The van der Waals surface area contributed by atoms with E-state index in [1.54, 1.807) is 37.4 Å². The number of imidazole rings is 1. The number of amides is 4. The minimum Gasteiger partial charge on any atom is -0.481 e. The lowest BCUT2D eigenvalue weighted by atomic mass is 9.88. The van der Waals surface area contributed by atoms with Crippen molar-refractivity contribution < 1.29 is 43.5 Å². The van der Waals surface area contributed by atoms with Gasteiger partial charge < -0.3 is 60.0 Å². The number of hydrogen-bond donors (Lipinski definition) is 11. The normalized spacial score (nSPS) is 13.3. The van der Waals surface area contributed by atoms with Crippen LogP contribution in [0.4, 0.5) is 0 Å². The van der Waals surface area contributed by atoms with Gasteiger partial charge in [0.2, 0.25) is 23.6 Å². The number of carboxylic acid groups (broad SMARTS) is 1. The first kappa shape index (κ1) is 70.4. The maximum atomic E-state index is 14.7. The van der Waals surface area contributed by atoms with Gasteiger partial charge in [-0.2, -0.15) is 0 Å². The Bertz CT molecular complexity index is 2200. The molecule has 0 unspecified atom stereocenters. The molecule has 0 spiro atoms. The van der Waals surface area contributed by atoms with Crippen LogP contribution in [-0.4, -0.2) is 118 Å². The van der Waals surface area contributed by atoms with E-state index < -0.39 is 65.1 Å². The van der Waals surface area contributed by atoms with E-state index in [2.05, 4.69) is 48.1 Å². The zero-order valence-electron chi connectivity index (χ0n) is 48.6. The molecule has 0 aliphatic carbocycles. The highest BCUT2D eigenvalue weighted by Gasteiger charge is 2.34. The fraction of sp³-hybridized carbons (Fsp3) is 0.678. The number of aliphatic imine (C=N–C) groups is 2. The van der Waals surface area contributed by atoms with E-state index in [4.69, 9.17) is 28.7 Å². The third-order valence-corrected chi connectivity index (χ3v) is 14.3. The molecule has 0 saturated carbocycles. The quantitative estimate of drug-likeness (QED) is 0.0233. The van der Waals surface area contributed by atoms with Crippen LogP contribution < -0.4 is 49.9 Å². The number of H-pyrrole nitrogens is 1. The van der Waals surface area contributed by atoms with Gasteiger partial charge in [0.1, 0.15) is 0 Å². The van der Waals surface area contributed by atoms with Crippen molar-refractivity contribution in [3.05, 3.63) is 54.1 Å². The van der Waals surface area contributed by atoms with Gasteiger partial charge in [-0.1, -0.05) is 114 Å². The van der Waals surface area contributed by atoms with E-state index in [9.17, 15) is 43.5 Å². The molecule has 1 aromatic carbocycles. The molecule has 454 valence electrons. The number of carbonyl (C=O) groups is 8. The average molecular weight is 1130 g/mol. The summed E-state index contributed by atoms with van der Waals surface area (Å²) in [6, 6.07) is 6.35. The van der Waals surface area contributed by atoms with Crippen LogP contribution in [0.25, 0.3) is 0 Å². The minimum atomic E-state index is -1.17. The van der Waals surface area contributed by atoms with Gasteiger partial charge in [-0.3, -0.25) is 48.3 Å². The van der Waals surface area contributed by atoms with Gasteiger partial charge in [0.25, 0.3) is 0 Å². The summed E-state index contributed by atoms with van der Waals surface area (Å²) in [6.07, 6.45) is 19.8. The van der Waals surface area contributed by atoms with Crippen LogP contribution in [0.2, 0.25) is 0 Å². The highest BCUT2D eigenvalue weighted by molar-refractivity contribution is 5.97. The Balaban J connectivity index is 2.28. The number of guanidine groups is 2. The molecule has 0 saturated heterocycles. The molecule has 6 atom stereocenters. The summed E-state index contributed by atoms with van der Waals surface area (Å²) in [6.45, 7) is 4.52. The number of benzene rings is 1. The number of aliphatic carboxylic acids is 1. The van der Waals surface area contributed by atoms with Gasteiger partial charge in [-0.05, 0) is 83.2 Å². The standard InChI is InChI=1S/C59H99N13O9/c1-3-4-5-6-7-8-9-10-11-12-13-14-18-28-53(76)68-40-48(73)36-46(35-47-39-65-41-69-47)57(81)72-50(34-43-24-16-15-17-25-43)52(75)37-44(26-22-33-67-59(63)64)56(80)71-49(27-19-20-31-60)51(74)38-45(29-30-54(77)78)55(79)70-42(2)23-21-32-66-58(61)62/h15-17,24-25,39,41-42,44-46,49-50H,3-14,18-23,26-38,40,60H2,1-2H3,(H,65,69)(H,68,76)(H,70,79)(H,71,80)(H,72,81)(H,77,78)(H4,61,62,66)(H4,63,64,67)/t42-,44-,45-,46-,49+,50+/m1/s1. The number of aromatic amines is 1. The van der Waals surface area contributed by atoms with Crippen molar-refractivity contribution in [3.8, 4) is 0 Å².